The van der Waals surface area contributed by atoms with Crippen LogP contribution in [0.15, 0.2) is 109 Å². The highest BCUT2D eigenvalue weighted by Gasteiger charge is 2.25. The van der Waals surface area contributed by atoms with Gasteiger partial charge in [0.05, 0.1) is 33.0 Å². The van der Waals surface area contributed by atoms with Crippen LogP contribution in [0, 0.1) is 0 Å². The quantitative estimate of drug-likeness (QED) is 0.238. The van der Waals surface area contributed by atoms with Crippen molar-refractivity contribution >= 4 is 55.1 Å². The number of thiazole rings is 1. The van der Waals surface area contributed by atoms with E-state index in [0.717, 1.165) is 32.4 Å². The standard InChI is InChI=1S/C30H20ClN3OS/c31-24-15-9-17-27-28(24)33-30(36-27)34(19-20-10-3-1-4-11-20)29(35)23-18-26(21-12-5-2-6-13-21)32-25-16-8-7-14-22(23)25/h1-18H,19H2. The van der Waals surface area contributed by atoms with Crippen LogP contribution in [0.2, 0.25) is 5.02 Å². The molecule has 0 atom stereocenters. The van der Waals surface area contributed by atoms with E-state index in [1.807, 2.05) is 109 Å². The van der Waals surface area contributed by atoms with Gasteiger partial charge >= 0.3 is 0 Å². The Morgan fingerprint density at radius 1 is 0.806 bits per heavy atom. The van der Waals surface area contributed by atoms with E-state index in [1.54, 1.807) is 4.90 Å². The van der Waals surface area contributed by atoms with Gasteiger partial charge in [0.25, 0.3) is 5.91 Å². The molecule has 1 amide bonds. The molecule has 0 aliphatic heterocycles. The van der Waals surface area contributed by atoms with Gasteiger partial charge in [-0.3, -0.25) is 9.69 Å². The number of nitrogens with zero attached hydrogens (tertiary/aromatic N) is 3. The van der Waals surface area contributed by atoms with Crippen molar-refractivity contribution in [1.82, 2.24) is 9.97 Å². The lowest BCUT2D eigenvalue weighted by atomic mass is 10.0. The molecular weight excluding hydrogens is 486 g/mol. The Labute approximate surface area is 217 Å². The molecule has 4 nitrogen and oxygen atoms in total. The van der Waals surface area contributed by atoms with Gasteiger partial charge in [0.15, 0.2) is 5.13 Å². The molecule has 0 fully saturated rings. The normalized spacial score (nSPS) is 11.1. The molecule has 6 aromatic rings. The summed E-state index contributed by atoms with van der Waals surface area (Å²) in [4.78, 5) is 25.7. The van der Waals surface area contributed by atoms with E-state index in [0.29, 0.717) is 27.8 Å². The minimum absolute atomic E-state index is 0.134. The fourth-order valence-corrected chi connectivity index (χ4v) is 5.53. The lowest BCUT2D eigenvalue weighted by Crippen LogP contribution is -2.30. The molecule has 0 bridgehead atoms. The van der Waals surface area contributed by atoms with Crippen LogP contribution >= 0.6 is 22.9 Å². The van der Waals surface area contributed by atoms with Crippen molar-refractivity contribution in [2.75, 3.05) is 4.90 Å². The average molecular weight is 506 g/mol. The van der Waals surface area contributed by atoms with E-state index >= 15 is 0 Å². The van der Waals surface area contributed by atoms with E-state index in [4.69, 9.17) is 21.6 Å². The Balaban J connectivity index is 1.53. The first-order valence-corrected chi connectivity index (χ1v) is 12.7. The summed E-state index contributed by atoms with van der Waals surface area (Å²) in [6.07, 6.45) is 0. The number of carbonyl (C=O) groups is 1. The van der Waals surface area contributed by atoms with E-state index in [9.17, 15) is 4.79 Å². The molecule has 6 heteroatoms. The van der Waals surface area contributed by atoms with Gasteiger partial charge in [-0.1, -0.05) is 108 Å². The van der Waals surface area contributed by atoms with Crippen LogP contribution in [0.1, 0.15) is 15.9 Å². The topological polar surface area (TPSA) is 46.1 Å². The number of hydrogen-bond donors (Lipinski definition) is 0. The molecule has 0 radical (unpaired) electrons. The molecular formula is C30H20ClN3OS. The number of carbonyl (C=O) groups excluding carboxylic acids is 1. The molecule has 0 saturated heterocycles. The van der Waals surface area contributed by atoms with Gasteiger partial charge in [-0.2, -0.15) is 0 Å². The highest BCUT2D eigenvalue weighted by molar-refractivity contribution is 7.22. The first kappa shape index (κ1) is 22.4. The fraction of sp³-hybridized carbons (Fsp3) is 0.0333. The molecule has 2 aromatic heterocycles. The zero-order valence-electron chi connectivity index (χ0n) is 19.1. The van der Waals surface area contributed by atoms with E-state index < -0.39 is 0 Å². The Kier molecular flexibility index (Phi) is 5.93. The van der Waals surface area contributed by atoms with E-state index in [1.165, 1.54) is 11.3 Å². The predicted octanol–water partition coefficient (Wildman–Crippen LogP) is 8.01. The van der Waals surface area contributed by atoms with Gasteiger partial charge in [0.1, 0.15) is 5.52 Å². The summed E-state index contributed by atoms with van der Waals surface area (Å²) < 4.78 is 0.938. The van der Waals surface area contributed by atoms with Crippen LogP contribution in [-0.2, 0) is 6.54 Å². The number of para-hydroxylation sites is 2. The van der Waals surface area contributed by atoms with E-state index in [2.05, 4.69) is 0 Å². The fourth-order valence-electron chi connectivity index (χ4n) is 4.27. The van der Waals surface area contributed by atoms with Crippen molar-refractivity contribution in [3.05, 3.63) is 125 Å². The van der Waals surface area contributed by atoms with Crippen molar-refractivity contribution in [1.29, 1.82) is 0 Å². The maximum atomic E-state index is 14.3. The minimum atomic E-state index is -0.134. The molecule has 4 aromatic carbocycles. The number of halogens is 1. The third kappa shape index (κ3) is 4.24. The number of benzene rings is 4. The van der Waals surface area contributed by atoms with Crippen molar-refractivity contribution < 1.29 is 4.79 Å². The summed E-state index contributed by atoms with van der Waals surface area (Å²) in [5, 5.41) is 1.98. The first-order chi connectivity index (χ1) is 17.7. The van der Waals surface area contributed by atoms with Crippen LogP contribution in [0.4, 0.5) is 5.13 Å². The number of hydrogen-bond acceptors (Lipinski definition) is 4. The molecule has 0 N–H and O–H groups in total. The zero-order chi connectivity index (χ0) is 24.5. The molecule has 0 aliphatic rings. The van der Waals surface area contributed by atoms with Gasteiger partial charge in [-0.25, -0.2) is 9.97 Å². The smallest absolute Gasteiger partial charge is 0.261 e. The van der Waals surface area contributed by atoms with Crippen molar-refractivity contribution in [2.24, 2.45) is 0 Å². The molecule has 0 unspecified atom stereocenters. The second kappa shape index (κ2) is 9.53. The summed E-state index contributed by atoms with van der Waals surface area (Å²) in [5.74, 6) is -0.134. The largest absolute Gasteiger partial charge is 0.279 e. The Morgan fingerprint density at radius 3 is 2.31 bits per heavy atom. The molecule has 6 rings (SSSR count). The van der Waals surface area contributed by atoms with E-state index in [-0.39, 0.29) is 5.91 Å². The zero-order valence-corrected chi connectivity index (χ0v) is 20.7. The molecule has 36 heavy (non-hydrogen) atoms. The van der Waals surface area contributed by atoms with Crippen molar-refractivity contribution in [3.8, 4) is 11.3 Å². The average Bonchev–Trinajstić information content (AvgIpc) is 3.37. The van der Waals surface area contributed by atoms with Crippen LogP contribution in [0.3, 0.4) is 0 Å². The molecule has 0 aliphatic carbocycles. The van der Waals surface area contributed by atoms with Gasteiger partial charge in [0.2, 0.25) is 0 Å². The Bertz CT molecular complexity index is 1700. The predicted molar refractivity (Wildman–Crippen MR) is 149 cm³/mol. The number of amides is 1. The van der Waals surface area contributed by atoms with Gasteiger partial charge in [0, 0.05) is 10.9 Å². The molecule has 0 spiro atoms. The summed E-state index contributed by atoms with van der Waals surface area (Å²) in [5.41, 5.74) is 4.78. The maximum absolute atomic E-state index is 14.3. The van der Waals surface area contributed by atoms with Crippen LogP contribution in [0.25, 0.3) is 32.4 Å². The number of fused-ring (bicyclic) bond motifs is 2. The van der Waals surface area contributed by atoms with Crippen molar-refractivity contribution in [3.63, 3.8) is 0 Å². The van der Waals surface area contributed by atoms with Gasteiger partial charge in [-0.15, -0.1) is 0 Å². The van der Waals surface area contributed by atoms with Crippen LogP contribution in [-0.4, -0.2) is 15.9 Å². The maximum Gasteiger partial charge on any atom is 0.261 e. The highest BCUT2D eigenvalue weighted by atomic mass is 35.5. The molecule has 174 valence electrons. The summed E-state index contributed by atoms with van der Waals surface area (Å²) in [6.45, 7) is 0.383. The summed E-state index contributed by atoms with van der Waals surface area (Å²) in [6, 6.07) is 35.2. The second-order valence-electron chi connectivity index (χ2n) is 8.40. The van der Waals surface area contributed by atoms with Crippen LogP contribution in [0.5, 0.6) is 0 Å². The third-order valence-corrected chi connectivity index (χ3v) is 7.38. The minimum Gasteiger partial charge on any atom is -0.279 e. The summed E-state index contributed by atoms with van der Waals surface area (Å²) in [7, 11) is 0. The monoisotopic (exact) mass is 505 g/mol. The lowest BCUT2D eigenvalue weighted by Gasteiger charge is -2.21. The SMILES string of the molecule is O=C(c1cc(-c2ccccc2)nc2ccccc12)N(Cc1ccccc1)c1nc2c(Cl)cccc2s1. The second-order valence-corrected chi connectivity index (χ2v) is 9.81. The Morgan fingerprint density at radius 2 is 1.53 bits per heavy atom. The van der Waals surface area contributed by atoms with Gasteiger partial charge in [-0.05, 0) is 29.8 Å². The van der Waals surface area contributed by atoms with Crippen molar-refractivity contribution in [2.45, 2.75) is 6.54 Å². The van der Waals surface area contributed by atoms with Gasteiger partial charge < -0.3 is 0 Å². The third-order valence-electron chi connectivity index (χ3n) is 6.03. The lowest BCUT2D eigenvalue weighted by molar-refractivity contribution is 0.0986. The number of pyridine rings is 1. The number of rotatable bonds is 5. The van der Waals surface area contributed by atoms with Crippen LogP contribution < -0.4 is 4.90 Å². The molecule has 0 saturated carbocycles. The summed E-state index contributed by atoms with van der Waals surface area (Å²) >= 11 is 7.89. The molecule has 2 heterocycles. The highest BCUT2D eigenvalue weighted by Crippen LogP contribution is 2.35. The first-order valence-electron chi connectivity index (χ1n) is 11.5. The Hall–Kier alpha value is -4.06. The number of anilines is 1. The number of aromatic nitrogens is 2.